The Labute approximate surface area is 127 Å². The van der Waals surface area contributed by atoms with Crippen LogP contribution >= 0.6 is 0 Å². The van der Waals surface area contributed by atoms with E-state index in [0.29, 0.717) is 16.8 Å². The number of benzene rings is 1. The Morgan fingerprint density at radius 3 is 2.19 bits per heavy atom. The Kier molecular flexibility index (Phi) is 6.53. The zero-order chi connectivity index (χ0) is 15.9. The monoisotopic (exact) mass is 292 g/mol. The van der Waals surface area contributed by atoms with Gasteiger partial charge in [-0.2, -0.15) is 0 Å². The third kappa shape index (κ3) is 6.52. The fourth-order valence-corrected chi connectivity index (χ4v) is 2.48. The van der Waals surface area contributed by atoms with Gasteiger partial charge in [0, 0.05) is 0 Å². The summed E-state index contributed by atoms with van der Waals surface area (Å²) < 4.78 is 4.51. The minimum absolute atomic E-state index is 0.223. The molecular weight excluding hydrogens is 264 g/mol. The van der Waals surface area contributed by atoms with Gasteiger partial charge in [-0.25, -0.2) is 0 Å². The minimum atomic E-state index is -0.288. The Bertz CT molecular complexity index is 462. The van der Waals surface area contributed by atoms with Crippen molar-refractivity contribution < 1.29 is 9.53 Å². The van der Waals surface area contributed by atoms with Gasteiger partial charge in [-0.15, -0.1) is 0 Å². The number of carbonyl (C=O) groups excluding carboxylic acids is 1. The predicted molar refractivity (Wildman–Crippen MR) is 87.9 cm³/mol. The number of nitrogen functional groups attached to an aromatic ring is 2. The highest BCUT2D eigenvalue weighted by Gasteiger charge is 2.19. The van der Waals surface area contributed by atoms with Crippen molar-refractivity contribution in [3.8, 4) is 0 Å². The van der Waals surface area contributed by atoms with Gasteiger partial charge in [0.15, 0.2) is 0 Å². The lowest BCUT2D eigenvalue weighted by atomic mass is 9.78. The summed E-state index contributed by atoms with van der Waals surface area (Å²) in [5.74, 6) is -0.288. The number of rotatable bonds is 2. The Balaban J connectivity index is 0.000000235. The number of carbonyl (C=O) groups is 1. The van der Waals surface area contributed by atoms with Crippen molar-refractivity contribution in [2.24, 2.45) is 5.41 Å². The highest BCUT2D eigenvalue weighted by molar-refractivity contribution is 5.74. The van der Waals surface area contributed by atoms with E-state index in [1.807, 2.05) is 0 Å². The summed E-state index contributed by atoms with van der Waals surface area (Å²) in [6, 6.07) is 5.10. The Hall–Kier alpha value is -1.71. The molecule has 0 heterocycles. The quantitative estimate of drug-likeness (QED) is 0.645. The molecule has 118 valence electrons. The van der Waals surface area contributed by atoms with E-state index in [2.05, 4.69) is 18.6 Å². The van der Waals surface area contributed by atoms with Gasteiger partial charge in [0.25, 0.3) is 0 Å². The van der Waals surface area contributed by atoms with Crippen LogP contribution in [0.5, 0.6) is 0 Å². The van der Waals surface area contributed by atoms with Crippen molar-refractivity contribution in [2.45, 2.75) is 52.4 Å². The first kappa shape index (κ1) is 17.3. The summed E-state index contributed by atoms with van der Waals surface area (Å²) in [6.07, 6.45) is 7.53. The van der Waals surface area contributed by atoms with Crippen LogP contribution in [0.2, 0.25) is 0 Å². The minimum Gasteiger partial charge on any atom is -0.469 e. The van der Waals surface area contributed by atoms with E-state index in [1.54, 1.807) is 18.2 Å². The molecule has 4 heteroatoms. The van der Waals surface area contributed by atoms with Gasteiger partial charge in [0.05, 0.1) is 24.9 Å². The maximum atomic E-state index is 10.9. The summed E-state index contributed by atoms with van der Waals surface area (Å²) in [4.78, 5) is 10.9. The number of ether oxygens (including phenoxy) is 1. The molecule has 1 aliphatic rings. The maximum absolute atomic E-state index is 10.9. The van der Waals surface area contributed by atoms with Crippen LogP contribution in [-0.2, 0) is 16.0 Å². The standard InChI is InChI=1S/C9H12N2O2.C8H16/c1-13-9(12)5-6-2-3-7(10)8(11)4-6;1-8(2)6-4-3-5-7-8/h2-4H,5,10-11H2,1H3;3-7H2,1-2H3. The molecule has 0 spiro atoms. The van der Waals surface area contributed by atoms with Crippen molar-refractivity contribution in [1.29, 1.82) is 0 Å². The largest absolute Gasteiger partial charge is 0.469 e. The zero-order valence-electron chi connectivity index (χ0n) is 13.4. The third-order valence-electron chi connectivity index (χ3n) is 3.93. The summed E-state index contributed by atoms with van der Waals surface area (Å²) in [5, 5.41) is 0. The van der Waals surface area contributed by atoms with Crippen LogP contribution in [-0.4, -0.2) is 13.1 Å². The van der Waals surface area contributed by atoms with Gasteiger partial charge in [-0.05, 0) is 36.0 Å². The fraction of sp³-hybridized carbons (Fsp3) is 0.588. The molecule has 1 aromatic carbocycles. The molecule has 1 aromatic rings. The number of methoxy groups -OCH3 is 1. The number of nitrogens with two attached hydrogens (primary N) is 2. The van der Waals surface area contributed by atoms with E-state index in [-0.39, 0.29) is 12.4 Å². The molecule has 0 radical (unpaired) electrons. The van der Waals surface area contributed by atoms with Crippen molar-refractivity contribution >= 4 is 17.3 Å². The number of esters is 1. The van der Waals surface area contributed by atoms with E-state index in [9.17, 15) is 4.79 Å². The number of anilines is 2. The molecule has 0 aromatic heterocycles. The lowest BCUT2D eigenvalue weighted by Crippen LogP contribution is -2.14. The average molecular weight is 292 g/mol. The first-order chi connectivity index (χ1) is 9.84. The molecule has 1 fully saturated rings. The molecule has 0 atom stereocenters. The highest BCUT2D eigenvalue weighted by Crippen LogP contribution is 2.34. The van der Waals surface area contributed by atoms with Gasteiger partial charge in [0.1, 0.15) is 0 Å². The van der Waals surface area contributed by atoms with Gasteiger partial charge >= 0.3 is 5.97 Å². The average Bonchev–Trinajstić information content (AvgIpc) is 2.43. The van der Waals surface area contributed by atoms with Gasteiger partial charge in [-0.3, -0.25) is 4.79 Å². The van der Waals surface area contributed by atoms with Crippen LogP contribution in [0.15, 0.2) is 18.2 Å². The molecule has 21 heavy (non-hydrogen) atoms. The third-order valence-corrected chi connectivity index (χ3v) is 3.93. The van der Waals surface area contributed by atoms with Crippen molar-refractivity contribution in [3.63, 3.8) is 0 Å². The van der Waals surface area contributed by atoms with E-state index in [4.69, 9.17) is 11.5 Å². The van der Waals surface area contributed by atoms with Crippen LogP contribution in [0.4, 0.5) is 11.4 Å². The lowest BCUT2D eigenvalue weighted by Gasteiger charge is -2.28. The fourth-order valence-electron chi connectivity index (χ4n) is 2.48. The first-order valence-corrected chi connectivity index (χ1v) is 7.55. The summed E-state index contributed by atoms with van der Waals surface area (Å²) >= 11 is 0. The summed E-state index contributed by atoms with van der Waals surface area (Å²) in [5.41, 5.74) is 13.6. The van der Waals surface area contributed by atoms with Crippen LogP contribution in [0.25, 0.3) is 0 Å². The second-order valence-electron chi connectivity index (χ2n) is 6.44. The highest BCUT2D eigenvalue weighted by atomic mass is 16.5. The smallest absolute Gasteiger partial charge is 0.309 e. The molecule has 0 bridgehead atoms. The normalized spacial score (nSPS) is 16.5. The Morgan fingerprint density at radius 2 is 1.76 bits per heavy atom. The topological polar surface area (TPSA) is 78.3 Å². The predicted octanol–water partition coefficient (Wildman–Crippen LogP) is 3.54. The molecule has 4 nitrogen and oxygen atoms in total. The Morgan fingerprint density at radius 1 is 1.14 bits per heavy atom. The molecule has 4 N–H and O–H groups in total. The van der Waals surface area contributed by atoms with E-state index in [0.717, 1.165) is 5.56 Å². The maximum Gasteiger partial charge on any atom is 0.309 e. The van der Waals surface area contributed by atoms with E-state index in [1.165, 1.54) is 39.2 Å². The molecule has 0 saturated heterocycles. The van der Waals surface area contributed by atoms with E-state index < -0.39 is 0 Å². The second kappa shape index (κ2) is 7.91. The van der Waals surface area contributed by atoms with E-state index >= 15 is 0 Å². The molecular formula is C17H28N2O2. The first-order valence-electron chi connectivity index (χ1n) is 7.55. The lowest BCUT2D eigenvalue weighted by molar-refractivity contribution is -0.139. The summed E-state index contributed by atoms with van der Waals surface area (Å²) in [6.45, 7) is 4.76. The van der Waals surface area contributed by atoms with Crippen molar-refractivity contribution in [3.05, 3.63) is 23.8 Å². The number of hydrogen-bond acceptors (Lipinski definition) is 4. The van der Waals surface area contributed by atoms with Crippen LogP contribution < -0.4 is 11.5 Å². The van der Waals surface area contributed by atoms with Crippen LogP contribution in [0, 0.1) is 5.41 Å². The van der Waals surface area contributed by atoms with Crippen molar-refractivity contribution in [1.82, 2.24) is 0 Å². The SMILES string of the molecule is CC1(C)CCCCC1.COC(=O)Cc1ccc(N)c(N)c1. The van der Waals surface area contributed by atoms with Gasteiger partial charge < -0.3 is 16.2 Å². The second-order valence-corrected chi connectivity index (χ2v) is 6.44. The van der Waals surface area contributed by atoms with Crippen LogP contribution in [0.1, 0.15) is 51.5 Å². The zero-order valence-corrected chi connectivity index (χ0v) is 13.4. The van der Waals surface area contributed by atoms with Gasteiger partial charge in [0.2, 0.25) is 0 Å². The molecule has 1 saturated carbocycles. The van der Waals surface area contributed by atoms with Crippen molar-refractivity contribution in [2.75, 3.05) is 18.6 Å². The molecule has 0 amide bonds. The summed E-state index contributed by atoms with van der Waals surface area (Å²) in [7, 11) is 1.35. The molecule has 2 rings (SSSR count). The molecule has 1 aliphatic carbocycles. The van der Waals surface area contributed by atoms with Crippen LogP contribution in [0.3, 0.4) is 0 Å². The molecule has 0 aliphatic heterocycles. The number of hydrogen-bond donors (Lipinski definition) is 2. The molecule has 0 unspecified atom stereocenters. The van der Waals surface area contributed by atoms with Gasteiger partial charge in [-0.1, -0.05) is 39.2 Å².